The summed E-state index contributed by atoms with van der Waals surface area (Å²) in [6.07, 6.45) is 2.97. The van der Waals surface area contributed by atoms with E-state index in [9.17, 15) is 0 Å². The summed E-state index contributed by atoms with van der Waals surface area (Å²) in [5.41, 5.74) is 2.60. The van der Waals surface area contributed by atoms with Crippen LogP contribution in [-0.4, -0.2) is 15.1 Å². The number of aryl methyl sites for hydroxylation is 1. The summed E-state index contributed by atoms with van der Waals surface area (Å²) in [5.74, 6) is 1.06. The highest BCUT2D eigenvalue weighted by atomic mass is 15.1. The first-order chi connectivity index (χ1) is 7.83. The zero-order valence-electron chi connectivity index (χ0n) is 11.8. The van der Waals surface area contributed by atoms with Crippen molar-refractivity contribution in [1.82, 2.24) is 14.9 Å². The summed E-state index contributed by atoms with van der Waals surface area (Å²) >= 11 is 0. The van der Waals surface area contributed by atoms with Crippen molar-refractivity contribution in [3.05, 3.63) is 29.9 Å². The van der Waals surface area contributed by atoms with Crippen LogP contribution in [0.25, 0.3) is 0 Å². The lowest BCUT2D eigenvalue weighted by molar-refractivity contribution is 0.416. The number of allylic oxidation sites excluding steroid dienone is 1. The maximum Gasteiger partial charge on any atom is 0.106 e. The lowest BCUT2D eigenvalue weighted by Gasteiger charge is -2.21. The summed E-state index contributed by atoms with van der Waals surface area (Å²) in [6, 6.07) is 0. The Kier molecular flexibility index (Phi) is 4.52. The quantitative estimate of drug-likeness (QED) is 0.795. The van der Waals surface area contributed by atoms with Crippen molar-refractivity contribution in [2.45, 2.75) is 59.7 Å². The Morgan fingerprint density at radius 3 is 2.65 bits per heavy atom. The number of hydrogen-bond acceptors (Lipinski definition) is 2. The van der Waals surface area contributed by atoms with E-state index in [4.69, 9.17) is 0 Å². The second-order valence-corrected chi connectivity index (χ2v) is 5.59. The molecule has 17 heavy (non-hydrogen) atoms. The number of hydrogen-bond donors (Lipinski definition) is 1. The molecule has 96 valence electrons. The minimum Gasteiger partial charge on any atom is -0.327 e. The van der Waals surface area contributed by atoms with Crippen LogP contribution in [0, 0.1) is 6.92 Å². The molecule has 0 spiro atoms. The minimum absolute atomic E-state index is 0.130. The molecule has 1 aromatic rings. The van der Waals surface area contributed by atoms with Gasteiger partial charge in [-0.3, -0.25) is 0 Å². The largest absolute Gasteiger partial charge is 0.327 e. The van der Waals surface area contributed by atoms with Crippen molar-refractivity contribution in [1.29, 1.82) is 0 Å². The van der Waals surface area contributed by atoms with Crippen molar-refractivity contribution in [2.24, 2.45) is 0 Å². The van der Waals surface area contributed by atoms with Gasteiger partial charge in [0.1, 0.15) is 5.82 Å². The standard InChI is InChI=1S/C14H25N3/c1-7-11(2)10-17-12(3)15-8-13(17)9-16-14(4,5)6/h8,16H,2,7,9-10H2,1,3-6H3. The van der Waals surface area contributed by atoms with Crippen LogP contribution < -0.4 is 5.32 Å². The van der Waals surface area contributed by atoms with E-state index < -0.39 is 0 Å². The Morgan fingerprint density at radius 1 is 1.47 bits per heavy atom. The predicted octanol–water partition coefficient (Wildman–Crippen LogP) is 3.05. The van der Waals surface area contributed by atoms with E-state index in [2.05, 4.69) is 49.1 Å². The SMILES string of the molecule is C=C(CC)Cn1c(CNC(C)(C)C)cnc1C. The molecule has 1 rings (SSSR count). The zero-order chi connectivity index (χ0) is 13.1. The van der Waals surface area contributed by atoms with Crippen molar-refractivity contribution in [2.75, 3.05) is 0 Å². The number of rotatable bonds is 5. The van der Waals surface area contributed by atoms with Crippen LogP contribution in [0.1, 0.15) is 45.6 Å². The van der Waals surface area contributed by atoms with E-state index in [1.165, 1.54) is 11.3 Å². The molecule has 1 N–H and O–H groups in total. The Labute approximate surface area is 105 Å². The second kappa shape index (κ2) is 5.50. The molecule has 0 saturated carbocycles. The minimum atomic E-state index is 0.130. The topological polar surface area (TPSA) is 29.9 Å². The van der Waals surface area contributed by atoms with Crippen LogP contribution in [0.2, 0.25) is 0 Å². The van der Waals surface area contributed by atoms with Crippen LogP contribution in [-0.2, 0) is 13.1 Å². The summed E-state index contributed by atoms with van der Waals surface area (Å²) < 4.78 is 2.24. The molecule has 3 nitrogen and oxygen atoms in total. The zero-order valence-corrected chi connectivity index (χ0v) is 11.8. The van der Waals surface area contributed by atoms with Gasteiger partial charge in [-0.25, -0.2) is 4.98 Å². The number of aromatic nitrogens is 2. The lowest BCUT2D eigenvalue weighted by Crippen LogP contribution is -2.35. The van der Waals surface area contributed by atoms with Gasteiger partial charge in [0.2, 0.25) is 0 Å². The number of nitrogens with zero attached hydrogens (tertiary/aromatic N) is 2. The molecule has 1 heterocycles. The molecule has 0 atom stereocenters. The second-order valence-electron chi connectivity index (χ2n) is 5.59. The Balaban J connectivity index is 2.76. The van der Waals surface area contributed by atoms with Crippen molar-refractivity contribution < 1.29 is 0 Å². The highest BCUT2D eigenvalue weighted by Gasteiger charge is 2.12. The Hall–Kier alpha value is -1.09. The van der Waals surface area contributed by atoms with Crippen LogP contribution in [0.4, 0.5) is 0 Å². The lowest BCUT2D eigenvalue weighted by atomic mass is 10.1. The fraction of sp³-hybridized carbons (Fsp3) is 0.643. The summed E-state index contributed by atoms with van der Waals surface area (Å²) in [5, 5.41) is 3.49. The molecule has 0 bridgehead atoms. The molecular formula is C14H25N3. The first-order valence-corrected chi connectivity index (χ1v) is 6.26. The third-order valence-electron chi connectivity index (χ3n) is 2.82. The third-order valence-corrected chi connectivity index (χ3v) is 2.82. The smallest absolute Gasteiger partial charge is 0.106 e. The van der Waals surface area contributed by atoms with E-state index in [0.717, 1.165) is 25.3 Å². The van der Waals surface area contributed by atoms with Crippen LogP contribution in [0.3, 0.4) is 0 Å². The molecule has 3 heteroatoms. The van der Waals surface area contributed by atoms with Gasteiger partial charge in [-0.2, -0.15) is 0 Å². The molecule has 1 aromatic heterocycles. The van der Waals surface area contributed by atoms with Crippen LogP contribution in [0.5, 0.6) is 0 Å². The van der Waals surface area contributed by atoms with Gasteiger partial charge in [0.15, 0.2) is 0 Å². The molecular weight excluding hydrogens is 210 g/mol. The van der Waals surface area contributed by atoms with E-state index in [1.54, 1.807) is 0 Å². The van der Waals surface area contributed by atoms with Crippen molar-refractivity contribution in [3.8, 4) is 0 Å². The molecule has 0 fully saturated rings. The molecule has 0 radical (unpaired) electrons. The van der Waals surface area contributed by atoms with Crippen LogP contribution in [0.15, 0.2) is 18.3 Å². The number of imidazole rings is 1. The Morgan fingerprint density at radius 2 is 2.12 bits per heavy atom. The normalized spacial score (nSPS) is 11.8. The van der Waals surface area contributed by atoms with Gasteiger partial charge in [-0.1, -0.05) is 19.1 Å². The van der Waals surface area contributed by atoms with Gasteiger partial charge in [-0.05, 0) is 34.1 Å². The van der Waals surface area contributed by atoms with E-state index in [-0.39, 0.29) is 5.54 Å². The first kappa shape index (κ1) is 14.0. The molecule has 0 aliphatic rings. The van der Waals surface area contributed by atoms with Gasteiger partial charge in [-0.15, -0.1) is 0 Å². The average molecular weight is 235 g/mol. The average Bonchev–Trinajstić information content (AvgIpc) is 2.56. The van der Waals surface area contributed by atoms with Gasteiger partial charge in [0.25, 0.3) is 0 Å². The summed E-state index contributed by atoms with van der Waals surface area (Å²) in [7, 11) is 0. The maximum absolute atomic E-state index is 4.39. The van der Waals surface area contributed by atoms with E-state index in [1.807, 2.05) is 13.1 Å². The fourth-order valence-corrected chi connectivity index (χ4v) is 1.56. The third kappa shape index (κ3) is 4.35. The van der Waals surface area contributed by atoms with E-state index >= 15 is 0 Å². The molecule has 0 aliphatic carbocycles. The summed E-state index contributed by atoms with van der Waals surface area (Å²) in [6.45, 7) is 16.5. The molecule has 0 unspecified atom stereocenters. The maximum atomic E-state index is 4.39. The Bertz CT molecular complexity index is 383. The molecule has 0 aliphatic heterocycles. The highest BCUT2D eigenvalue weighted by molar-refractivity contribution is 5.08. The molecule has 0 amide bonds. The monoisotopic (exact) mass is 235 g/mol. The number of nitrogens with one attached hydrogen (secondary N) is 1. The summed E-state index contributed by atoms with van der Waals surface area (Å²) in [4.78, 5) is 4.39. The van der Waals surface area contributed by atoms with Gasteiger partial charge in [0.05, 0.1) is 5.69 Å². The van der Waals surface area contributed by atoms with Gasteiger partial charge in [0, 0.05) is 24.8 Å². The van der Waals surface area contributed by atoms with Crippen molar-refractivity contribution >= 4 is 0 Å². The fourth-order valence-electron chi connectivity index (χ4n) is 1.56. The highest BCUT2D eigenvalue weighted by Crippen LogP contribution is 2.11. The van der Waals surface area contributed by atoms with E-state index in [0.29, 0.717) is 0 Å². The molecule has 0 aromatic carbocycles. The first-order valence-electron chi connectivity index (χ1n) is 6.26. The van der Waals surface area contributed by atoms with Gasteiger partial charge < -0.3 is 9.88 Å². The molecule has 0 saturated heterocycles. The predicted molar refractivity (Wildman–Crippen MR) is 73.0 cm³/mol. The van der Waals surface area contributed by atoms with Crippen molar-refractivity contribution in [3.63, 3.8) is 0 Å². The van der Waals surface area contributed by atoms with Gasteiger partial charge >= 0.3 is 0 Å². The van der Waals surface area contributed by atoms with Crippen LogP contribution >= 0.6 is 0 Å².